The summed E-state index contributed by atoms with van der Waals surface area (Å²) in [6.07, 6.45) is 1.88. The van der Waals surface area contributed by atoms with Gasteiger partial charge in [-0.25, -0.2) is 0 Å². The van der Waals surface area contributed by atoms with Gasteiger partial charge in [0.05, 0.1) is 5.69 Å². The summed E-state index contributed by atoms with van der Waals surface area (Å²) < 4.78 is 0. The van der Waals surface area contributed by atoms with E-state index in [0.717, 1.165) is 11.3 Å². The third-order valence-electron chi connectivity index (χ3n) is 8.92. The Kier molecular flexibility index (Phi) is 6.31. The molecule has 0 atom stereocenters. The Morgan fingerprint density at radius 3 is 1.57 bits per heavy atom. The van der Waals surface area contributed by atoms with Crippen molar-refractivity contribution in [2.24, 2.45) is 0 Å². The Hall–Kier alpha value is -5.53. The van der Waals surface area contributed by atoms with Gasteiger partial charge in [0.25, 0.3) is 0 Å². The number of aryl methyl sites for hydroxylation is 2. The number of rotatable bonds is 4. The molecule has 0 bridgehead atoms. The molecule has 8 aromatic rings. The molecule has 0 saturated heterocycles. The van der Waals surface area contributed by atoms with Gasteiger partial charge < -0.3 is 0 Å². The van der Waals surface area contributed by atoms with Crippen molar-refractivity contribution in [3.05, 3.63) is 163 Å². The van der Waals surface area contributed by atoms with Gasteiger partial charge in [-0.05, 0) is 97.2 Å². The fourth-order valence-corrected chi connectivity index (χ4v) is 6.84. The standard InChI is InChI=1S/C43H31N/c1-28-20-22-30(23-21-28)33-24-25-40(35-15-4-3-14-34(33)35)42-38-18-7-5-16-36(38)41(37-17-6-8-19-39(37)42)31-12-9-13-32(27-31)43-29(2)11-10-26-44-43/h3-27H,1-2H3. The molecule has 0 N–H and O–H groups in total. The highest BCUT2D eigenvalue weighted by molar-refractivity contribution is 6.24. The highest BCUT2D eigenvalue weighted by Gasteiger charge is 2.19. The fourth-order valence-electron chi connectivity index (χ4n) is 6.84. The maximum absolute atomic E-state index is 4.72. The van der Waals surface area contributed by atoms with E-state index in [9.17, 15) is 0 Å². The Labute approximate surface area is 258 Å². The van der Waals surface area contributed by atoms with Crippen LogP contribution in [0.1, 0.15) is 11.1 Å². The van der Waals surface area contributed by atoms with Crippen LogP contribution in [-0.4, -0.2) is 4.98 Å². The Morgan fingerprint density at radius 2 is 0.932 bits per heavy atom. The van der Waals surface area contributed by atoms with Crippen LogP contribution in [0.15, 0.2) is 152 Å². The van der Waals surface area contributed by atoms with Crippen molar-refractivity contribution >= 4 is 32.3 Å². The maximum Gasteiger partial charge on any atom is 0.0731 e. The van der Waals surface area contributed by atoms with E-state index in [1.165, 1.54) is 76.8 Å². The minimum atomic E-state index is 1.03. The lowest BCUT2D eigenvalue weighted by molar-refractivity contribution is 1.27. The molecular weight excluding hydrogens is 530 g/mol. The van der Waals surface area contributed by atoms with Crippen molar-refractivity contribution in [2.45, 2.75) is 13.8 Å². The minimum Gasteiger partial charge on any atom is -0.256 e. The van der Waals surface area contributed by atoms with E-state index < -0.39 is 0 Å². The zero-order valence-electron chi connectivity index (χ0n) is 24.9. The van der Waals surface area contributed by atoms with Gasteiger partial charge in [-0.15, -0.1) is 0 Å². The molecule has 1 heteroatoms. The number of nitrogens with zero attached hydrogens (tertiary/aromatic N) is 1. The van der Waals surface area contributed by atoms with Gasteiger partial charge in [0.15, 0.2) is 0 Å². The van der Waals surface area contributed by atoms with Gasteiger partial charge in [0, 0.05) is 11.8 Å². The monoisotopic (exact) mass is 561 g/mol. The second kappa shape index (κ2) is 10.6. The average molecular weight is 562 g/mol. The zero-order valence-corrected chi connectivity index (χ0v) is 24.9. The SMILES string of the molecule is Cc1ccc(-c2ccc(-c3c4ccccc4c(-c4cccc(-c5ncccc5C)c4)c4ccccc34)c3ccccc23)cc1. The van der Waals surface area contributed by atoms with Crippen molar-refractivity contribution in [2.75, 3.05) is 0 Å². The summed E-state index contributed by atoms with van der Waals surface area (Å²) in [5.74, 6) is 0. The fraction of sp³-hybridized carbons (Fsp3) is 0.0465. The van der Waals surface area contributed by atoms with Crippen LogP contribution in [0.4, 0.5) is 0 Å². The molecule has 8 rings (SSSR count). The van der Waals surface area contributed by atoms with Crippen LogP contribution < -0.4 is 0 Å². The van der Waals surface area contributed by atoms with E-state index in [4.69, 9.17) is 4.98 Å². The summed E-state index contributed by atoms with van der Waals surface area (Å²) in [5, 5.41) is 7.55. The summed E-state index contributed by atoms with van der Waals surface area (Å²) in [7, 11) is 0. The lowest BCUT2D eigenvalue weighted by Crippen LogP contribution is -1.93. The van der Waals surface area contributed by atoms with Crippen LogP contribution >= 0.6 is 0 Å². The van der Waals surface area contributed by atoms with E-state index in [0.29, 0.717) is 0 Å². The van der Waals surface area contributed by atoms with Crippen molar-refractivity contribution in [3.63, 3.8) is 0 Å². The van der Waals surface area contributed by atoms with Crippen molar-refractivity contribution in [3.8, 4) is 44.6 Å². The Morgan fingerprint density at radius 1 is 0.386 bits per heavy atom. The van der Waals surface area contributed by atoms with Gasteiger partial charge in [0.1, 0.15) is 0 Å². The smallest absolute Gasteiger partial charge is 0.0731 e. The third-order valence-corrected chi connectivity index (χ3v) is 8.92. The molecule has 0 aliphatic carbocycles. The molecule has 1 aromatic heterocycles. The van der Waals surface area contributed by atoms with Crippen molar-refractivity contribution in [1.29, 1.82) is 0 Å². The number of fused-ring (bicyclic) bond motifs is 3. The van der Waals surface area contributed by atoms with E-state index >= 15 is 0 Å². The van der Waals surface area contributed by atoms with Gasteiger partial charge >= 0.3 is 0 Å². The van der Waals surface area contributed by atoms with E-state index in [1.807, 2.05) is 12.3 Å². The number of hydrogen-bond donors (Lipinski definition) is 0. The first kappa shape index (κ1) is 26.1. The van der Waals surface area contributed by atoms with Crippen molar-refractivity contribution in [1.82, 2.24) is 4.98 Å². The van der Waals surface area contributed by atoms with Crippen LogP contribution in [0.2, 0.25) is 0 Å². The highest BCUT2D eigenvalue weighted by atomic mass is 14.7. The predicted molar refractivity (Wildman–Crippen MR) is 188 cm³/mol. The van der Waals surface area contributed by atoms with Crippen LogP contribution in [0.25, 0.3) is 77.0 Å². The predicted octanol–water partition coefficient (Wildman–Crippen LogP) is 11.8. The first-order valence-electron chi connectivity index (χ1n) is 15.2. The summed E-state index contributed by atoms with van der Waals surface area (Å²) in [4.78, 5) is 4.72. The van der Waals surface area contributed by atoms with Crippen LogP contribution in [-0.2, 0) is 0 Å². The first-order valence-corrected chi connectivity index (χ1v) is 15.2. The highest BCUT2D eigenvalue weighted by Crippen LogP contribution is 2.46. The van der Waals surface area contributed by atoms with E-state index in [1.54, 1.807) is 0 Å². The molecule has 0 aliphatic heterocycles. The largest absolute Gasteiger partial charge is 0.256 e. The molecule has 0 fully saturated rings. The van der Waals surface area contributed by atoms with Crippen LogP contribution in [0.5, 0.6) is 0 Å². The zero-order chi connectivity index (χ0) is 29.6. The Balaban J connectivity index is 1.42. The van der Waals surface area contributed by atoms with Crippen molar-refractivity contribution < 1.29 is 0 Å². The lowest BCUT2D eigenvalue weighted by Gasteiger charge is -2.20. The van der Waals surface area contributed by atoms with Gasteiger partial charge in [-0.1, -0.05) is 139 Å². The quantitative estimate of drug-likeness (QED) is 0.195. The first-order chi connectivity index (χ1) is 21.7. The molecule has 208 valence electrons. The molecule has 1 nitrogen and oxygen atoms in total. The van der Waals surface area contributed by atoms with E-state index in [2.05, 4.69) is 153 Å². The van der Waals surface area contributed by atoms with Gasteiger partial charge in [0.2, 0.25) is 0 Å². The molecule has 0 amide bonds. The summed E-state index contributed by atoms with van der Waals surface area (Å²) in [5.41, 5.74) is 12.1. The number of pyridine rings is 1. The summed E-state index contributed by atoms with van der Waals surface area (Å²) >= 11 is 0. The molecular formula is C43H31N. The number of aromatic nitrogens is 1. The number of benzene rings is 7. The molecule has 0 unspecified atom stereocenters. The molecule has 0 aliphatic rings. The van der Waals surface area contributed by atoms with Gasteiger partial charge in [-0.3, -0.25) is 4.98 Å². The average Bonchev–Trinajstić information content (AvgIpc) is 3.07. The van der Waals surface area contributed by atoms with Gasteiger partial charge in [-0.2, -0.15) is 0 Å². The van der Waals surface area contributed by atoms with Crippen LogP contribution in [0.3, 0.4) is 0 Å². The number of hydrogen-bond acceptors (Lipinski definition) is 1. The molecule has 0 radical (unpaired) electrons. The Bertz CT molecular complexity index is 2290. The molecule has 7 aromatic carbocycles. The third kappa shape index (κ3) is 4.29. The second-order valence-corrected chi connectivity index (χ2v) is 11.7. The molecule has 1 heterocycles. The summed E-state index contributed by atoms with van der Waals surface area (Å²) in [6.45, 7) is 4.27. The molecule has 0 spiro atoms. The van der Waals surface area contributed by atoms with Crippen LogP contribution in [0, 0.1) is 13.8 Å². The lowest BCUT2D eigenvalue weighted by atomic mass is 9.83. The maximum atomic E-state index is 4.72. The normalized spacial score (nSPS) is 11.4. The topological polar surface area (TPSA) is 12.9 Å². The summed E-state index contributed by atoms with van der Waals surface area (Å²) in [6, 6.07) is 53.1. The minimum absolute atomic E-state index is 1.03. The molecule has 44 heavy (non-hydrogen) atoms. The molecule has 0 saturated carbocycles. The second-order valence-electron chi connectivity index (χ2n) is 11.7. The van der Waals surface area contributed by atoms with E-state index in [-0.39, 0.29) is 0 Å².